The summed E-state index contributed by atoms with van der Waals surface area (Å²) in [6, 6.07) is 19.0. The van der Waals surface area contributed by atoms with Crippen molar-refractivity contribution in [2.45, 2.75) is 38.1 Å². The highest BCUT2D eigenvalue weighted by molar-refractivity contribution is 8.13. The zero-order valence-corrected chi connectivity index (χ0v) is 19.5. The van der Waals surface area contributed by atoms with Crippen LogP contribution in [-0.2, 0) is 21.9 Å². The van der Waals surface area contributed by atoms with Crippen molar-refractivity contribution in [2.75, 3.05) is 0 Å². The molecular formula is C26H24N4O3S. The first-order valence-electron chi connectivity index (χ1n) is 11.2. The number of thioether (sulfide) groups is 1. The van der Waals surface area contributed by atoms with Crippen molar-refractivity contribution in [3.05, 3.63) is 89.4 Å². The van der Waals surface area contributed by atoms with Gasteiger partial charge in [0.15, 0.2) is 5.17 Å². The molecule has 0 saturated heterocycles. The van der Waals surface area contributed by atoms with E-state index in [0.717, 1.165) is 16.8 Å². The summed E-state index contributed by atoms with van der Waals surface area (Å²) in [6.07, 6.45) is 2.10. The SMILES string of the molecule is Cc1ccc(CSC2=Nc3ccccc3C3=N[C@H](CCC(=O)NCc4ccco4)C(=O)N23)cc1. The summed E-state index contributed by atoms with van der Waals surface area (Å²) in [6.45, 7) is 2.38. The Balaban J connectivity index is 1.29. The van der Waals surface area contributed by atoms with Crippen molar-refractivity contribution < 1.29 is 14.0 Å². The van der Waals surface area contributed by atoms with E-state index in [0.29, 0.717) is 35.5 Å². The number of aliphatic imine (C=N–C) groups is 2. The van der Waals surface area contributed by atoms with E-state index in [1.165, 1.54) is 17.3 Å². The zero-order valence-electron chi connectivity index (χ0n) is 18.7. The number of nitrogens with zero attached hydrogens (tertiary/aromatic N) is 3. The molecule has 0 radical (unpaired) electrons. The van der Waals surface area contributed by atoms with Gasteiger partial charge in [0.25, 0.3) is 5.91 Å². The minimum Gasteiger partial charge on any atom is -0.467 e. The topological polar surface area (TPSA) is 87.3 Å². The number of aryl methyl sites for hydroxylation is 1. The van der Waals surface area contributed by atoms with E-state index in [-0.39, 0.29) is 18.2 Å². The van der Waals surface area contributed by atoms with Crippen LogP contribution >= 0.6 is 11.8 Å². The second kappa shape index (κ2) is 9.69. The maximum Gasteiger partial charge on any atom is 0.259 e. The molecule has 0 unspecified atom stereocenters. The van der Waals surface area contributed by atoms with Gasteiger partial charge in [0.05, 0.1) is 18.5 Å². The minimum atomic E-state index is -0.610. The number of furan rings is 1. The molecular weight excluding hydrogens is 448 g/mol. The third-order valence-corrected chi connectivity index (χ3v) is 6.73. The molecule has 7 nitrogen and oxygen atoms in total. The number of rotatable bonds is 7. The van der Waals surface area contributed by atoms with Gasteiger partial charge < -0.3 is 9.73 Å². The van der Waals surface area contributed by atoms with Crippen LogP contribution in [0.3, 0.4) is 0 Å². The van der Waals surface area contributed by atoms with Gasteiger partial charge in [-0.2, -0.15) is 0 Å². The molecule has 2 aromatic carbocycles. The van der Waals surface area contributed by atoms with Crippen LogP contribution in [0.25, 0.3) is 0 Å². The molecule has 0 fully saturated rings. The molecule has 172 valence electrons. The van der Waals surface area contributed by atoms with Crippen molar-refractivity contribution in [3.8, 4) is 0 Å². The standard InChI is InChI=1S/C26H24N4O3S/c1-17-8-10-18(11-9-17)16-34-26-29-21-7-3-2-6-20(21)24-28-22(25(32)30(24)26)12-13-23(31)27-15-19-5-4-14-33-19/h2-11,14,22H,12-13,15-16H2,1H3,(H,27,31)/t22-/m1/s1. The molecule has 2 aliphatic heterocycles. The van der Waals surface area contributed by atoms with E-state index in [1.54, 1.807) is 23.3 Å². The van der Waals surface area contributed by atoms with Gasteiger partial charge >= 0.3 is 0 Å². The number of carbonyl (C=O) groups is 2. The summed E-state index contributed by atoms with van der Waals surface area (Å²) in [7, 11) is 0. The van der Waals surface area contributed by atoms with E-state index in [4.69, 9.17) is 14.4 Å². The lowest BCUT2D eigenvalue weighted by molar-refractivity contribution is -0.125. The van der Waals surface area contributed by atoms with Crippen LogP contribution in [0.15, 0.2) is 81.3 Å². The number of fused-ring (bicyclic) bond motifs is 3. The van der Waals surface area contributed by atoms with Gasteiger partial charge in [-0.25, -0.2) is 9.89 Å². The van der Waals surface area contributed by atoms with E-state index < -0.39 is 6.04 Å². The maximum atomic E-state index is 13.3. The zero-order chi connectivity index (χ0) is 23.5. The summed E-state index contributed by atoms with van der Waals surface area (Å²) in [5, 5.41) is 3.44. The lowest BCUT2D eigenvalue weighted by Crippen LogP contribution is -2.41. The fourth-order valence-electron chi connectivity index (χ4n) is 3.87. The third-order valence-electron chi connectivity index (χ3n) is 5.72. The molecule has 0 spiro atoms. The fraction of sp³-hybridized carbons (Fsp3) is 0.231. The molecule has 3 aromatic rings. The average Bonchev–Trinajstić information content (AvgIpc) is 3.49. The van der Waals surface area contributed by atoms with Crippen LogP contribution in [-0.4, -0.2) is 33.8 Å². The molecule has 2 amide bonds. The van der Waals surface area contributed by atoms with Gasteiger partial charge in [0, 0.05) is 17.7 Å². The van der Waals surface area contributed by atoms with Gasteiger partial charge in [-0.15, -0.1) is 0 Å². The first kappa shape index (κ1) is 22.2. The van der Waals surface area contributed by atoms with Crippen molar-refractivity contribution in [1.29, 1.82) is 0 Å². The quantitative estimate of drug-likeness (QED) is 0.545. The monoisotopic (exact) mass is 472 g/mol. The number of para-hydroxylation sites is 1. The van der Waals surface area contributed by atoms with E-state index in [2.05, 4.69) is 36.5 Å². The van der Waals surface area contributed by atoms with Crippen LogP contribution in [0.2, 0.25) is 0 Å². The van der Waals surface area contributed by atoms with Crippen LogP contribution in [0, 0.1) is 6.92 Å². The van der Waals surface area contributed by atoms with E-state index >= 15 is 0 Å². The average molecular weight is 473 g/mol. The number of hydrogen-bond acceptors (Lipinski definition) is 6. The molecule has 0 aliphatic carbocycles. The van der Waals surface area contributed by atoms with Gasteiger partial charge in [0.2, 0.25) is 5.91 Å². The number of amidine groups is 2. The number of amides is 2. The van der Waals surface area contributed by atoms with Gasteiger partial charge in [-0.05, 0) is 43.2 Å². The molecule has 8 heteroatoms. The highest BCUT2D eigenvalue weighted by Gasteiger charge is 2.41. The smallest absolute Gasteiger partial charge is 0.259 e. The Morgan fingerprint density at radius 1 is 1.12 bits per heavy atom. The molecule has 3 heterocycles. The molecule has 0 saturated carbocycles. The molecule has 0 bridgehead atoms. The van der Waals surface area contributed by atoms with Crippen molar-refractivity contribution in [2.24, 2.45) is 9.98 Å². The van der Waals surface area contributed by atoms with Gasteiger partial charge in [-0.1, -0.05) is 53.7 Å². The highest BCUT2D eigenvalue weighted by Crippen LogP contribution is 2.35. The van der Waals surface area contributed by atoms with E-state index in [1.807, 2.05) is 24.3 Å². The number of carbonyl (C=O) groups excluding carboxylic acids is 2. The molecule has 2 aliphatic rings. The third kappa shape index (κ3) is 4.68. The Bertz CT molecular complexity index is 1270. The number of hydrogen-bond donors (Lipinski definition) is 1. The van der Waals surface area contributed by atoms with Crippen LogP contribution in [0.4, 0.5) is 5.69 Å². The number of nitrogens with one attached hydrogen (secondary N) is 1. The van der Waals surface area contributed by atoms with Crippen molar-refractivity contribution in [3.63, 3.8) is 0 Å². The fourth-order valence-corrected chi connectivity index (χ4v) is 4.83. The molecule has 1 N–H and O–H groups in total. The number of benzene rings is 2. The van der Waals surface area contributed by atoms with Gasteiger partial charge in [-0.3, -0.25) is 14.6 Å². The summed E-state index contributed by atoms with van der Waals surface area (Å²) < 4.78 is 5.24. The van der Waals surface area contributed by atoms with Crippen LogP contribution in [0.1, 0.15) is 35.3 Å². The summed E-state index contributed by atoms with van der Waals surface area (Å²) in [4.78, 5) is 36.8. The Morgan fingerprint density at radius 3 is 2.74 bits per heavy atom. The van der Waals surface area contributed by atoms with Crippen molar-refractivity contribution >= 4 is 40.3 Å². The molecule has 1 atom stereocenters. The lowest BCUT2D eigenvalue weighted by Gasteiger charge is -2.25. The second-order valence-corrected chi connectivity index (χ2v) is 9.17. The maximum absolute atomic E-state index is 13.3. The first-order chi connectivity index (χ1) is 16.6. The van der Waals surface area contributed by atoms with E-state index in [9.17, 15) is 9.59 Å². The van der Waals surface area contributed by atoms with Crippen molar-refractivity contribution in [1.82, 2.24) is 10.2 Å². The Labute approximate surface area is 202 Å². The molecule has 1 aromatic heterocycles. The Morgan fingerprint density at radius 2 is 1.94 bits per heavy atom. The highest BCUT2D eigenvalue weighted by atomic mass is 32.2. The van der Waals surface area contributed by atoms with Gasteiger partial charge in [0.1, 0.15) is 17.6 Å². The predicted octanol–water partition coefficient (Wildman–Crippen LogP) is 4.58. The largest absolute Gasteiger partial charge is 0.467 e. The first-order valence-corrected chi connectivity index (χ1v) is 12.1. The Hall–Kier alpha value is -3.65. The molecule has 5 rings (SSSR count). The summed E-state index contributed by atoms with van der Waals surface area (Å²) in [5.41, 5.74) is 4.00. The van der Waals surface area contributed by atoms with Crippen LogP contribution < -0.4 is 5.32 Å². The minimum absolute atomic E-state index is 0.140. The summed E-state index contributed by atoms with van der Waals surface area (Å²) in [5.74, 6) is 1.71. The molecule has 34 heavy (non-hydrogen) atoms. The lowest BCUT2D eigenvalue weighted by atomic mass is 10.1. The van der Waals surface area contributed by atoms with Crippen LogP contribution in [0.5, 0.6) is 0 Å². The second-order valence-electron chi connectivity index (χ2n) is 8.22. The normalized spacial score (nSPS) is 16.6. The summed E-state index contributed by atoms with van der Waals surface area (Å²) >= 11 is 1.52. The predicted molar refractivity (Wildman–Crippen MR) is 133 cm³/mol. The Kier molecular flexibility index (Phi) is 6.31.